The Hall–Kier alpha value is -1.59. The fourth-order valence-corrected chi connectivity index (χ4v) is 4.42. The number of carbonyl (C=O) groups excluding carboxylic acids is 2. The summed E-state index contributed by atoms with van der Waals surface area (Å²) in [7, 11) is 1.93. The minimum atomic E-state index is 0. The maximum Gasteiger partial charge on any atom is 0.253 e. The Labute approximate surface area is 155 Å². The van der Waals surface area contributed by atoms with E-state index >= 15 is 0 Å². The highest BCUT2D eigenvalue weighted by molar-refractivity contribution is 5.97. The summed E-state index contributed by atoms with van der Waals surface area (Å²) in [6.07, 6.45) is 6.13. The molecular weight excluding hydrogens is 338 g/mol. The number of halogens is 1. The first-order valence-corrected chi connectivity index (χ1v) is 9.05. The number of rotatable bonds is 3. The second-order valence-electron chi connectivity index (χ2n) is 7.37. The highest BCUT2D eigenvalue weighted by atomic mass is 35.5. The molecule has 25 heavy (non-hydrogen) atoms. The van der Waals surface area contributed by atoms with E-state index in [9.17, 15) is 9.59 Å². The van der Waals surface area contributed by atoms with Crippen LogP contribution >= 0.6 is 12.4 Å². The second kappa shape index (κ2) is 7.34. The van der Waals surface area contributed by atoms with Crippen molar-refractivity contribution in [1.82, 2.24) is 10.2 Å². The highest BCUT2D eigenvalue weighted by Gasteiger charge is 2.36. The summed E-state index contributed by atoms with van der Waals surface area (Å²) in [5, 5.41) is 3.62. The fourth-order valence-electron chi connectivity index (χ4n) is 4.42. The average Bonchev–Trinajstić information content (AvgIpc) is 3.18. The number of fused-ring (bicyclic) bond motifs is 2. The number of nitrogens with zero attached hydrogens (tertiary/aromatic N) is 2. The van der Waals surface area contributed by atoms with Gasteiger partial charge < -0.3 is 15.1 Å². The van der Waals surface area contributed by atoms with Crippen LogP contribution in [0.3, 0.4) is 0 Å². The molecule has 2 bridgehead atoms. The predicted molar refractivity (Wildman–Crippen MR) is 100 cm³/mol. The number of hydrogen-bond acceptors (Lipinski definition) is 3. The van der Waals surface area contributed by atoms with Crippen molar-refractivity contribution in [3.63, 3.8) is 0 Å². The van der Waals surface area contributed by atoms with E-state index in [1.807, 2.05) is 41.1 Å². The zero-order valence-electron chi connectivity index (χ0n) is 14.6. The van der Waals surface area contributed by atoms with Crippen LogP contribution in [0.15, 0.2) is 24.3 Å². The maximum atomic E-state index is 12.8. The van der Waals surface area contributed by atoms with E-state index in [1.165, 1.54) is 12.8 Å². The van der Waals surface area contributed by atoms with E-state index in [0.29, 0.717) is 30.1 Å². The highest BCUT2D eigenvalue weighted by Crippen LogP contribution is 2.30. The van der Waals surface area contributed by atoms with Crippen LogP contribution in [0.25, 0.3) is 0 Å². The van der Waals surface area contributed by atoms with Gasteiger partial charge in [-0.15, -0.1) is 12.4 Å². The van der Waals surface area contributed by atoms with Crippen LogP contribution in [0.2, 0.25) is 0 Å². The lowest BCUT2D eigenvalue weighted by Crippen LogP contribution is -2.48. The van der Waals surface area contributed by atoms with Gasteiger partial charge in [0.05, 0.1) is 0 Å². The number of amides is 2. The molecule has 2 atom stereocenters. The lowest BCUT2D eigenvalue weighted by Gasteiger charge is -2.35. The fraction of sp³-hybridized carbons (Fsp3) is 0.579. The Morgan fingerprint density at radius 1 is 1.16 bits per heavy atom. The van der Waals surface area contributed by atoms with Gasteiger partial charge >= 0.3 is 0 Å². The number of nitrogens with one attached hydrogen (secondary N) is 1. The zero-order valence-corrected chi connectivity index (χ0v) is 15.4. The molecule has 136 valence electrons. The first kappa shape index (κ1) is 18.2. The molecule has 5 nitrogen and oxygen atoms in total. The molecule has 2 unspecified atom stereocenters. The topological polar surface area (TPSA) is 52.7 Å². The summed E-state index contributed by atoms with van der Waals surface area (Å²) in [6, 6.07) is 8.99. The van der Waals surface area contributed by atoms with Crippen LogP contribution < -0.4 is 10.2 Å². The summed E-state index contributed by atoms with van der Waals surface area (Å²) in [5.74, 6) is 0.261. The van der Waals surface area contributed by atoms with Crippen LogP contribution in [0, 0.1) is 0 Å². The number of carbonyl (C=O) groups is 2. The zero-order chi connectivity index (χ0) is 16.7. The molecule has 0 spiro atoms. The van der Waals surface area contributed by atoms with Crippen molar-refractivity contribution in [2.24, 2.45) is 0 Å². The molecule has 0 saturated carbocycles. The summed E-state index contributed by atoms with van der Waals surface area (Å²) >= 11 is 0. The van der Waals surface area contributed by atoms with Gasteiger partial charge in [-0.05, 0) is 56.4 Å². The van der Waals surface area contributed by atoms with Crippen molar-refractivity contribution in [3.05, 3.63) is 29.8 Å². The molecule has 6 heteroatoms. The molecule has 2 amide bonds. The molecule has 4 rings (SSSR count). The van der Waals surface area contributed by atoms with Crippen LogP contribution in [0.4, 0.5) is 5.69 Å². The van der Waals surface area contributed by atoms with Crippen LogP contribution in [-0.4, -0.2) is 48.4 Å². The van der Waals surface area contributed by atoms with Crippen LogP contribution in [0.5, 0.6) is 0 Å². The number of anilines is 1. The Kier molecular flexibility index (Phi) is 5.35. The number of benzene rings is 1. The molecule has 3 aliphatic rings. The number of piperidine rings is 1. The normalized spacial score (nSPS) is 28.0. The standard InChI is InChI=1S/C19H25N3O2.ClH/c1-21(17-11-14-6-7-15(12-17)20-14)19(24)13-4-8-16(9-5-13)22-10-2-3-18(22)23;/h4-5,8-9,14-15,17,20H,2-3,6-7,10-12H2,1H3;1H. The Morgan fingerprint density at radius 2 is 1.80 bits per heavy atom. The lowest BCUT2D eigenvalue weighted by atomic mass is 9.98. The van der Waals surface area contributed by atoms with Gasteiger partial charge in [0, 0.05) is 49.4 Å². The van der Waals surface area contributed by atoms with Gasteiger partial charge in [-0.1, -0.05) is 0 Å². The van der Waals surface area contributed by atoms with Crippen LogP contribution in [-0.2, 0) is 4.79 Å². The van der Waals surface area contributed by atoms with Crippen molar-refractivity contribution < 1.29 is 9.59 Å². The van der Waals surface area contributed by atoms with Gasteiger partial charge in [-0.2, -0.15) is 0 Å². The van der Waals surface area contributed by atoms with Gasteiger partial charge in [-0.3, -0.25) is 9.59 Å². The molecule has 1 aromatic rings. The smallest absolute Gasteiger partial charge is 0.253 e. The molecule has 1 N–H and O–H groups in total. The molecule has 0 aliphatic carbocycles. The summed E-state index contributed by atoms with van der Waals surface area (Å²) in [4.78, 5) is 28.3. The molecule has 0 radical (unpaired) electrons. The lowest BCUT2D eigenvalue weighted by molar-refractivity contribution is -0.117. The average molecular weight is 364 g/mol. The Balaban J connectivity index is 0.00000182. The van der Waals surface area contributed by atoms with Gasteiger partial charge in [0.15, 0.2) is 0 Å². The van der Waals surface area contributed by atoms with Crippen molar-refractivity contribution in [2.75, 3.05) is 18.5 Å². The van der Waals surface area contributed by atoms with E-state index in [-0.39, 0.29) is 24.2 Å². The van der Waals surface area contributed by atoms with E-state index in [4.69, 9.17) is 0 Å². The molecule has 1 aromatic carbocycles. The molecule has 3 saturated heterocycles. The maximum absolute atomic E-state index is 12.8. The Bertz CT molecular complexity index is 637. The van der Waals surface area contributed by atoms with Crippen molar-refractivity contribution >= 4 is 29.9 Å². The first-order valence-electron chi connectivity index (χ1n) is 9.05. The van der Waals surface area contributed by atoms with Gasteiger partial charge in [0.2, 0.25) is 5.91 Å². The third-order valence-electron chi connectivity index (χ3n) is 5.82. The summed E-state index contributed by atoms with van der Waals surface area (Å²) in [5.41, 5.74) is 1.61. The largest absolute Gasteiger partial charge is 0.339 e. The second-order valence-corrected chi connectivity index (χ2v) is 7.37. The molecule has 3 heterocycles. The summed E-state index contributed by atoms with van der Waals surface area (Å²) < 4.78 is 0. The molecular formula is C19H26ClN3O2. The van der Waals surface area contributed by atoms with Gasteiger partial charge in [-0.25, -0.2) is 0 Å². The quantitative estimate of drug-likeness (QED) is 0.898. The third-order valence-corrected chi connectivity index (χ3v) is 5.82. The molecule has 3 aliphatic heterocycles. The van der Waals surface area contributed by atoms with E-state index in [0.717, 1.165) is 31.5 Å². The van der Waals surface area contributed by atoms with Crippen LogP contribution in [0.1, 0.15) is 48.9 Å². The minimum absolute atomic E-state index is 0. The SMILES string of the molecule is CN(C(=O)c1ccc(N2CCCC2=O)cc1)C1CC2CCC(C1)N2.Cl. The number of hydrogen-bond donors (Lipinski definition) is 1. The van der Waals surface area contributed by atoms with E-state index in [2.05, 4.69) is 5.32 Å². The predicted octanol–water partition coefficient (Wildman–Crippen LogP) is 2.59. The van der Waals surface area contributed by atoms with E-state index in [1.54, 1.807) is 0 Å². The monoisotopic (exact) mass is 363 g/mol. The molecule has 0 aromatic heterocycles. The minimum Gasteiger partial charge on any atom is -0.339 e. The third kappa shape index (κ3) is 3.53. The van der Waals surface area contributed by atoms with E-state index < -0.39 is 0 Å². The molecule has 3 fully saturated rings. The van der Waals surface area contributed by atoms with Crippen molar-refractivity contribution in [2.45, 2.75) is 56.7 Å². The summed E-state index contributed by atoms with van der Waals surface area (Å²) in [6.45, 7) is 0.782. The Morgan fingerprint density at radius 3 is 2.36 bits per heavy atom. The van der Waals surface area contributed by atoms with Gasteiger partial charge in [0.25, 0.3) is 5.91 Å². The first-order chi connectivity index (χ1) is 11.6. The van der Waals surface area contributed by atoms with Crippen molar-refractivity contribution in [3.8, 4) is 0 Å². The van der Waals surface area contributed by atoms with Gasteiger partial charge in [0.1, 0.15) is 0 Å². The van der Waals surface area contributed by atoms with Crippen molar-refractivity contribution in [1.29, 1.82) is 0 Å².